The first-order valence-corrected chi connectivity index (χ1v) is 5.17. The molecule has 3 nitrogen and oxygen atoms in total. The van der Waals surface area contributed by atoms with Crippen LogP contribution in [0.25, 0.3) is 0 Å². The minimum Gasteiger partial charge on any atom is -0.496 e. The predicted octanol–water partition coefficient (Wildman–Crippen LogP) is 2.74. The van der Waals surface area contributed by atoms with E-state index in [4.69, 9.17) is 16.3 Å². The number of esters is 1. The van der Waals surface area contributed by atoms with Gasteiger partial charge in [0.05, 0.1) is 28.4 Å². The van der Waals surface area contributed by atoms with Crippen molar-refractivity contribution >= 4 is 40.2 Å². The summed E-state index contributed by atoms with van der Waals surface area (Å²) in [6.07, 6.45) is 0. The molecule has 0 aliphatic carbocycles. The van der Waals surface area contributed by atoms with Crippen LogP contribution in [0.5, 0.6) is 5.75 Å². The van der Waals surface area contributed by atoms with Gasteiger partial charge in [-0.15, -0.1) is 0 Å². The summed E-state index contributed by atoms with van der Waals surface area (Å²) in [6.45, 7) is 0. The molecule has 0 unspecified atom stereocenters. The highest BCUT2D eigenvalue weighted by Gasteiger charge is 2.14. The Morgan fingerprint density at radius 1 is 1.43 bits per heavy atom. The van der Waals surface area contributed by atoms with E-state index < -0.39 is 5.97 Å². The molecule has 0 aliphatic rings. The number of benzene rings is 1. The van der Waals surface area contributed by atoms with Gasteiger partial charge in [0.2, 0.25) is 0 Å². The predicted molar refractivity (Wildman–Crippen MR) is 62.1 cm³/mol. The van der Waals surface area contributed by atoms with E-state index in [2.05, 4.69) is 27.3 Å². The Bertz CT molecular complexity index is 365. The van der Waals surface area contributed by atoms with Crippen LogP contribution >= 0.6 is 34.2 Å². The molecule has 0 amide bonds. The number of rotatable bonds is 2. The second kappa shape index (κ2) is 4.84. The van der Waals surface area contributed by atoms with Gasteiger partial charge < -0.3 is 9.47 Å². The molecule has 5 heteroatoms. The summed E-state index contributed by atoms with van der Waals surface area (Å²) >= 11 is 7.95. The van der Waals surface area contributed by atoms with Crippen LogP contribution in [0.3, 0.4) is 0 Å². The summed E-state index contributed by atoms with van der Waals surface area (Å²) in [6, 6.07) is 3.23. The van der Waals surface area contributed by atoms with Gasteiger partial charge in [-0.25, -0.2) is 4.79 Å². The molecule has 0 spiro atoms. The van der Waals surface area contributed by atoms with Crippen molar-refractivity contribution in [2.45, 2.75) is 0 Å². The van der Waals surface area contributed by atoms with E-state index in [1.165, 1.54) is 14.2 Å². The van der Waals surface area contributed by atoms with Crippen LogP contribution in [0, 0.1) is 3.57 Å². The highest BCUT2D eigenvalue weighted by atomic mass is 127. The molecular formula is C9H8ClIO3. The number of hydrogen-bond donors (Lipinski definition) is 0. The Morgan fingerprint density at radius 3 is 2.57 bits per heavy atom. The van der Waals surface area contributed by atoms with Crippen molar-refractivity contribution in [3.05, 3.63) is 26.3 Å². The van der Waals surface area contributed by atoms with E-state index >= 15 is 0 Å². The molecule has 0 aliphatic heterocycles. The fourth-order valence-electron chi connectivity index (χ4n) is 0.952. The summed E-state index contributed by atoms with van der Waals surface area (Å²) in [5, 5.41) is 0.363. The topological polar surface area (TPSA) is 35.5 Å². The van der Waals surface area contributed by atoms with E-state index in [1.54, 1.807) is 12.1 Å². The van der Waals surface area contributed by atoms with Crippen molar-refractivity contribution in [1.29, 1.82) is 0 Å². The maximum Gasteiger partial charge on any atom is 0.339 e. The van der Waals surface area contributed by atoms with Crippen LogP contribution < -0.4 is 4.74 Å². The quantitative estimate of drug-likeness (QED) is 0.619. The molecule has 0 saturated carbocycles. The van der Waals surface area contributed by atoms with E-state index in [0.29, 0.717) is 16.3 Å². The lowest BCUT2D eigenvalue weighted by atomic mass is 10.2. The first kappa shape index (κ1) is 11.6. The second-order valence-corrected chi connectivity index (χ2v) is 4.03. The average molecular weight is 327 g/mol. The van der Waals surface area contributed by atoms with Gasteiger partial charge >= 0.3 is 5.97 Å². The third-order valence-corrected chi connectivity index (χ3v) is 2.80. The van der Waals surface area contributed by atoms with Gasteiger partial charge in [0.25, 0.3) is 0 Å². The maximum absolute atomic E-state index is 11.2. The molecule has 76 valence electrons. The maximum atomic E-state index is 11.2. The van der Waals surface area contributed by atoms with Crippen molar-refractivity contribution in [3.63, 3.8) is 0 Å². The standard InChI is InChI=1S/C9H8ClIO3/c1-13-8-3-5(9(12)14-2)6(10)4-7(8)11/h3-4H,1-2H3. The van der Waals surface area contributed by atoms with Gasteiger partial charge in [0.1, 0.15) is 5.75 Å². The van der Waals surface area contributed by atoms with Crippen molar-refractivity contribution in [2.75, 3.05) is 14.2 Å². The molecule has 1 aromatic rings. The van der Waals surface area contributed by atoms with E-state index in [-0.39, 0.29) is 0 Å². The van der Waals surface area contributed by atoms with Crippen LogP contribution in [-0.4, -0.2) is 20.2 Å². The molecule has 14 heavy (non-hydrogen) atoms. The lowest BCUT2D eigenvalue weighted by molar-refractivity contribution is 0.0600. The van der Waals surface area contributed by atoms with Crippen LogP contribution in [0.15, 0.2) is 12.1 Å². The minimum absolute atomic E-state index is 0.312. The molecule has 0 atom stereocenters. The van der Waals surface area contributed by atoms with E-state index in [0.717, 1.165) is 3.57 Å². The Morgan fingerprint density at radius 2 is 2.07 bits per heavy atom. The summed E-state index contributed by atoms with van der Waals surface area (Å²) in [4.78, 5) is 11.2. The SMILES string of the molecule is COC(=O)c1cc(OC)c(I)cc1Cl. The molecule has 0 saturated heterocycles. The monoisotopic (exact) mass is 326 g/mol. The van der Waals surface area contributed by atoms with Gasteiger partial charge in [0.15, 0.2) is 0 Å². The van der Waals surface area contributed by atoms with Gasteiger partial charge in [0, 0.05) is 0 Å². The van der Waals surface area contributed by atoms with Gasteiger partial charge in [-0.05, 0) is 34.7 Å². The Kier molecular flexibility index (Phi) is 4.00. The molecule has 0 aromatic heterocycles. The minimum atomic E-state index is -0.468. The summed E-state index contributed by atoms with van der Waals surface area (Å²) in [5.74, 6) is 0.139. The van der Waals surface area contributed by atoms with Gasteiger partial charge in [-0.3, -0.25) is 0 Å². The largest absolute Gasteiger partial charge is 0.496 e. The summed E-state index contributed by atoms with van der Waals surface area (Å²) in [5.41, 5.74) is 0.312. The number of methoxy groups -OCH3 is 2. The highest BCUT2D eigenvalue weighted by molar-refractivity contribution is 14.1. The van der Waals surface area contributed by atoms with E-state index in [1.807, 2.05) is 0 Å². The van der Waals surface area contributed by atoms with Gasteiger partial charge in [-0.2, -0.15) is 0 Å². The number of halogens is 2. The molecule has 0 fully saturated rings. The normalized spacial score (nSPS) is 9.71. The van der Waals surface area contributed by atoms with Crippen LogP contribution in [-0.2, 0) is 4.74 Å². The lowest BCUT2D eigenvalue weighted by Gasteiger charge is -2.07. The van der Waals surface area contributed by atoms with Crippen LogP contribution in [0.2, 0.25) is 5.02 Å². The highest BCUT2D eigenvalue weighted by Crippen LogP contribution is 2.28. The zero-order valence-electron chi connectivity index (χ0n) is 7.64. The smallest absolute Gasteiger partial charge is 0.339 e. The number of carbonyl (C=O) groups excluding carboxylic acids is 1. The zero-order valence-corrected chi connectivity index (χ0v) is 10.5. The molecule has 0 N–H and O–H groups in total. The summed E-state index contributed by atoms with van der Waals surface area (Å²) in [7, 11) is 2.84. The molecule has 1 aromatic carbocycles. The van der Waals surface area contributed by atoms with E-state index in [9.17, 15) is 4.79 Å². The number of ether oxygens (including phenoxy) is 2. The van der Waals surface area contributed by atoms with Crippen molar-refractivity contribution < 1.29 is 14.3 Å². The Hall–Kier alpha value is -0.490. The third kappa shape index (κ3) is 2.30. The summed E-state index contributed by atoms with van der Waals surface area (Å²) < 4.78 is 10.5. The molecule has 0 heterocycles. The Balaban J connectivity index is 3.24. The molecule has 1 rings (SSSR count). The number of hydrogen-bond acceptors (Lipinski definition) is 3. The van der Waals surface area contributed by atoms with Crippen molar-refractivity contribution in [2.24, 2.45) is 0 Å². The first-order valence-electron chi connectivity index (χ1n) is 3.71. The second-order valence-electron chi connectivity index (χ2n) is 2.46. The Labute approximate surface area is 100 Å². The van der Waals surface area contributed by atoms with Crippen molar-refractivity contribution in [1.82, 2.24) is 0 Å². The third-order valence-electron chi connectivity index (χ3n) is 1.65. The molecule has 0 radical (unpaired) electrons. The fourth-order valence-corrected chi connectivity index (χ4v) is 2.06. The fraction of sp³-hybridized carbons (Fsp3) is 0.222. The molecular weight excluding hydrogens is 318 g/mol. The molecule has 0 bridgehead atoms. The van der Waals surface area contributed by atoms with Crippen molar-refractivity contribution in [3.8, 4) is 5.75 Å². The van der Waals surface area contributed by atoms with Crippen LogP contribution in [0.4, 0.5) is 0 Å². The lowest BCUT2D eigenvalue weighted by Crippen LogP contribution is -2.03. The number of carbonyl (C=O) groups is 1. The van der Waals surface area contributed by atoms with Crippen LogP contribution in [0.1, 0.15) is 10.4 Å². The van der Waals surface area contributed by atoms with Gasteiger partial charge in [-0.1, -0.05) is 11.6 Å². The first-order chi connectivity index (χ1) is 6.60. The zero-order chi connectivity index (χ0) is 10.7. The average Bonchev–Trinajstić information content (AvgIpc) is 2.17.